The van der Waals surface area contributed by atoms with E-state index in [4.69, 9.17) is 14.2 Å². The Morgan fingerprint density at radius 3 is 2.40 bits per heavy atom. The Kier molecular flexibility index (Phi) is 7.46. The summed E-state index contributed by atoms with van der Waals surface area (Å²) in [6.45, 7) is 1.26. The van der Waals surface area contributed by atoms with Crippen molar-refractivity contribution in [2.75, 3.05) is 19.5 Å². The molecule has 0 radical (unpaired) electrons. The molecule has 0 heterocycles. The molecule has 2 rings (SSSR count). The third-order valence-corrected chi connectivity index (χ3v) is 3.99. The molecular formula is C21H20F3NO5. The number of para-hydroxylation sites is 1. The molecule has 0 aliphatic rings. The summed E-state index contributed by atoms with van der Waals surface area (Å²) in [4.78, 5) is 24.2. The van der Waals surface area contributed by atoms with Crippen molar-refractivity contribution in [3.05, 3.63) is 59.7 Å². The first kappa shape index (κ1) is 22.8. The Labute approximate surface area is 171 Å². The summed E-state index contributed by atoms with van der Waals surface area (Å²) < 4.78 is 54.3. The molecule has 6 nitrogen and oxygen atoms in total. The molecule has 160 valence electrons. The van der Waals surface area contributed by atoms with Gasteiger partial charge >= 0.3 is 12.1 Å². The molecule has 2 aromatic rings. The normalized spacial score (nSPS) is 12.3. The van der Waals surface area contributed by atoms with Gasteiger partial charge in [-0.2, -0.15) is 13.2 Å². The highest BCUT2D eigenvalue weighted by atomic mass is 19.4. The van der Waals surface area contributed by atoms with Crippen molar-refractivity contribution in [1.82, 2.24) is 0 Å². The second-order valence-corrected chi connectivity index (χ2v) is 6.05. The summed E-state index contributed by atoms with van der Waals surface area (Å²) in [6, 6.07) is 9.47. The van der Waals surface area contributed by atoms with Gasteiger partial charge in [-0.3, -0.25) is 4.79 Å². The monoisotopic (exact) mass is 423 g/mol. The molecule has 0 aliphatic carbocycles. The quantitative estimate of drug-likeness (QED) is 0.531. The molecule has 0 saturated carbocycles. The van der Waals surface area contributed by atoms with Crippen LogP contribution in [-0.4, -0.2) is 32.2 Å². The van der Waals surface area contributed by atoms with Crippen molar-refractivity contribution >= 4 is 23.6 Å². The lowest BCUT2D eigenvalue weighted by Gasteiger charge is -2.16. The van der Waals surface area contributed by atoms with Crippen LogP contribution in [0.1, 0.15) is 18.1 Å². The fourth-order valence-electron chi connectivity index (χ4n) is 2.45. The number of rotatable bonds is 7. The van der Waals surface area contributed by atoms with E-state index in [0.29, 0.717) is 17.1 Å². The van der Waals surface area contributed by atoms with Gasteiger partial charge in [-0.15, -0.1) is 0 Å². The number of alkyl halides is 3. The number of anilines is 1. The van der Waals surface area contributed by atoms with Gasteiger partial charge in [-0.25, -0.2) is 4.79 Å². The lowest BCUT2D eigenvalue weighted by atomic mass is 10.1. The molecule has 1 amide bonds. The fourth-order valence-corrected chi connectivity index (χ4v) is 2.45. The smallest absolute Gasteiger partial charge is 0.418 e. The lowest BCUT2D eigenvalue weighted by Crippen LogP contribution is -2.30. The van der Waals surface area contributed by atoms with E-state index in [2.05, 4.69) is 5.32 Å². The predicted octanol–water partition coefficient (Wildman–Crippen LogP) is 4.31. The van der Waals surface area contributed by atoms with Gasteiger partial charge in [0.2, 0.25) is 0 Å². The van der Waals surface area contributed by atoms with Crippen molar-refractivity contribution in [3.63, 3.8) is 0 Å². The van der Waals surface area contributed by atoms with Gasteiger partial charge in [0, 0.05) is 17.7 Å². The third-order valence-electron chi connectivity index (χ3n) is 3.99. The van der Waals surface area contributed by atoms with Crippen LogP contribution in [0.4, 0.5) is 18.9 Å². The Bertz CT molecular complexity index is 940. The number of carbonyl (C=O) groups excluding carboxylic acids is 2. The molecule has 30 heavy (non-hydrogen) atoms. The number of esters is 1. The summed E-state index contributed by atoms with van der Waals surface area (Å²) in [7, 11) is 2.96. The zero-order valence-corrected chi connectivity index (χ0v) is 16.4. The van der Waals surface area contributed by atoms with E-state index < -0.39 is 35.4 Å². The van der Waals surface area contributed by atoms with Gasteiger partial charge in [0.15, 0.2) is 6.10 Å². The topological polar surface area (TPSA) is 73.9 Å². The SMILES string of the molecule is COc1ccc(/C=C/C(=O)OC(C)C(=O)Nc2ccccc2C(F)(F)F)c(OC)c1. The van der Waals surface area contributed by atoms with Crippen molar-refractivity contribution in [2.24, 2.45) is 0 Å². The number of hydrogen-bond donors (Lipinski definition) is 1. The first-order valence-corrected chi connectivity index (χ1v) is 8.73. The number of halogens is 3. The van der Waals surface area contributed by atoms with Gasteiger partial charge in [-0.05, 0) is 37.3 Å². The lowest BCUT2D eigenvalue weighted by molar-refractivity contribution is -0.148. The van der Waals surface area contributed by atoms with Crippen molar-refractivity contribution in [2.45, 2.75) is 19.2 Å². The van der Waals surface area contributed by atoms with Crippen LogP contribution in [0.25, 0.3) is 6.08 Å². The number of ether oxygens (including phenoxy) is 3. The number of hydrogen-bond acceptors (Lipinski definition) is 5. The number of carbonyl (C=O) groups is 2. The summed E-state index contributed by atoms with van der Waals surface area (Å²) in [6.07, 6.45) is -3.45. The molecular weight excluding hydrogens is 403 g/mol. The van der Waals surface area contributed by atoms with E-state index in [0.717, 1.165) is 18.2 Å². The minimum atomic E-state index is -4.63. The predicted molar refractivity (Wildman–Crippen MR) is 104 cm³/mol. The Morgan fingerprint density at radius 1 is 1.07 bits per heavy atom. The average molecular weight is 423 g/mol. The van der Waals surface area contributed by atoms with Crippen LogP contribution in [0.15, 0.2) is 48.5 Å². The highest BCUT2D eigenvalue weighted by Crippen LogP contribution is 2.34. The average Bonchev–Trinajstić information content (AvgIpc) is 2.71. The fraction of sp³-hybridized carbons (Fsp3) is 0.238. The molecule has 0 aliphatic heterocycles. The maximum atomic E-state index is 13.0. The highest BCUT2D eigenvalue weighted by molar-refractivity contribution is 5.97. The minimum Gasteiger partial charge on any atom is -0.497 e. The van der Waals surface area contributed by atoms with Gasteiger partial charge in [0.25, 0.3) is 5.91 Å². The molecule has 9 heteroatoms. The van der Waals surface area contributed by atoms with E-state index in [-0.39, 0.29) is 0 Å². The van der Waals surface area contributed by atoms with Crippen LogP contribution >= 0.6 is 0 Å². The van der Waals surface area contributed by atoms with Crippen LogP contribution in [0.5, 0.6) is 11.5 Å². The van der Waals surface area contributed by atoms with E-state index >= 15 is 0 Å². The van der Waals surface area contributed by atoms with Gasteiger partial charge < -0.3 is 19.5 Å². The molecule has 0 fully saturated rings. The number of benzene rings is 2. The summed E-state index contributed by atoms with van der Waals surface area (Å²) in [5.74, 6) is -0.723. The summed E-state index contributed by atoms with van der Waals surface area (Å²) in [5, 5.41) is 2.13. The Balaban J connectivity index is 2.03. The molecule has 0 saturated heterocycles. The second kappa shape index (κ2) is 9.82. The number of amides is 1. The maximum Gasteiger partial charge on any atom is 0.418 e. The van der Waals surface area contributed by atoms with Crippen molar-refractivity contribution in [3.8, 4) is 11.5 Å². The maximum absolute atomic E-state index is 13.0. The highest BCUT2D eigenvalue weighted by Gasteiger charge is 2.34. The second-order valence-electron chi connectivity index (χ2n) is 6.05. The van der Waals surface area contributed by atoms with E-state index in [1.807, 2.05) is 0 Å². The first-order valence-electron chi connectivity index (χ1n) is 8.73. The van der Waals surface area contributed by atoms with E-state index in [1.54, 1.807) is 18.2 Å². The zero-order chi connectivity index (χ0) is 22.3. The van der Waals surface area contributed by atoms with E-state index in [9.17, 15) is 22.8 Å². The standard InChI is InChI=1S/C21H20F3NO5/c1-13(20(27)25-17-7-5-4-6-16(17)21(22,23)24)30-19(26)11-9-14-8-10-15(28-2)12-18(14)29-3/h4-13H,1-3H3,(H,25,27)/b11-9+. The van der Waals surface area contributed by atoms with Crippen LogP contribution in [0, 0.1) is 0 Å². The largest absolute Gasteiger partial charge is 0.497 e. The molecule has 1 atom stereocenters. The molecule has 1 unspecified atom stereocenters. The van der Waals surface area contributed by atoms with Crippen molar-refractivity contribution < 1.29 is 37.0 Å². The Morgan fingerprint density at radius 2 is 1.77 bits per heavy atom. The van der Waals surface area contributed by atoms with Crippen LogP contribution in [0.2, 0.25) is 0 Å². The molecule has 0 aromatic heterocycles. The Hall–Kier alpha value is -3.49. The van der Waals surface area contributed by atoms with Gasteiger partial charge in [0.05, 0.1) is 25.5 Å². The zero-order valence-electron chi connectivity index (χ0n) is 16.4. The van der Waals surface area contributed by atoms with Gasteiger partial charge in [-0.1, -0.05) is 12.1 Å². The van der Waals surface area contributed by atoms with Gasteiger partial charge in [0.1, 0.15) is 11.5 Å². The third kappa shape index (κ3) is 6.00. The first-order chi connectivity index (χ1) is 14.2. The number of methoxy groups -OCH3 is 2. The van der Waals surface area contributed by atoms with Crippen molar-refractivity contribution in [1.29, 1.82) is 0 Å². The molecule has 0 spiro atoms. The summed E-state index contributed by atoms with van der Waals surface area (Å²) in [5.41, 5.74) is -0.855. The minimum absolute atomic E-state index is 0.420. The molecule has 2 aromatic carbocycles. The van der Waals surface area contributed by atoms with E-state index in [1.165, 1.54) is 39.4 Å². The van der Waals surface area contributed by atoms with Crippen LogP contribution < -0.4 is 14.8 Å². The number of nitrogens with one attached hydrogen (secondary N) is 1. The molecule has 0 bridgehead atoms. The molecule has 1 N–H and O–H groups in total. The van der Waals surface area contributed by atoms with Crippen LogP contribution in [-0.2, 0) is 20.5 Å². The van der Waals surface area contributed by atoms with Crippen LogP contribution in [0.3, 0.4) is 0 Å². The summed E-state index contributed by atoms with van der Waals surface area (Å²) >= 11 is 0.